The number of phosphoric acid groups is 2. The highest BCUT2D eigenvalue weighted by Gasteiger charge is 2.30. The molecule has 0 aromatic heterocycles. The molecule has 0 rings (SSSR count). The number of ether oxygens (including phenoxy) is 4. The molecule has 3 N–H and O–H groups in total. The van der Waals surface area contributed by atoms with Gasteiger partial charge in [-0.1, -0.05) is 290 Å². The van der Waals surface area contributed by atoms with Crippen LogP contribution in [0.5, 0.6) is 0 Å². The van der Waals surface area contributed by atoms with E-state index < -0.39 is 97.5 Å². The fourth-order valence-electron chi connectivity index (χ4n) is 10.1. The first-order valence-corrected chi connectivity index (χ1v) is 41.8. The summed E-state index contributed by atoms with van der Waals surface area (Å²) in [5, 5.41) is 10.6. The molecule has 0 aliphatic carbocycles. The number of phosphoric ester groups is 2. The van der Waals surface area contributed by atoms with Crippen molar-refractivity contribution < 1.29 is 80.2 Å². The Morgan fingerprint density at radius 1 is 0.300 bits per heavy atom. The number of allylic oxidation sites excluding steroid dienone is 19. The maximum atomic E-state index is 13.1. The first-order chi connectivity index (χ1) is 48.7. The molecule has 0 aromatic rings. The van der Waals surface area contributed by atoms with Gasteiger partial charge in [-0.25, -0.2) is 9.13 Å². The summed E-state index contributed by atoms with van der Waals surface area (Å²) in [6, 6.07) is 0. The predicted molar refractivity (Wildman–Crippen MR) is 408 cm³/mol. The van der Waals surface area contributed by atoms with E-state index >= 15 is 0 Å². The molecule has 0 saturated carbocycles. The van der Waals surface area contributed by atoms with Gasteiger partial charge in [-0.3, -0.25) is 37.3 Å². The number of aliphatic hydroxyl groups is 1. The minimum absolute atomic E-state index is 0.0828. The second-order valence-electron chi connectivity index (χ2n) is 25.6. The molecule has 5 atom stereocenters. The lowest BCUT2D eigenvalue weighted by Crippen LogP contribution is -2.30. The quantitative estimate of drug-likeness (QED) is 0.0169. The Morgan fingerprint density at radius 3 is 0.910 bits per heavy atom. The Hall–Kier alpha value is -4.54. The van der Waals surface area contributed by atoms with Crippen LogP contribution >= 0.6 is 15.6 Å². The number of aliphatic hydroxyl groups excluding tert-OH is 1. The molecule has 19 heteroatoms. The van der Waals surface area contributed by atoms with Crippen molar-refractivity contribution in [3.8, 4) is 0 Å². The summed E-state index contributed by atoms with van der Waals surface area (Å²) in [5.74, 6) is -2.35. The summed E-state index contributed by atoms with van der Waals surface area (Å²) in [7, 11) is -9.99. The van der Waals surface area contributed by atoms with Crippen LogP contribution in [-0.4, -0.2) is 96.7 Å². The smallest absolute Gasteiger partial charge is 0.462 e. The molecule has 0 saturated heterocycles. The fourth-order valence-corrected chi connectivity index (χ4v) is 11.7. The molecule has 0 aliphatic rings. The van der Waals surface area contributed by atoms with Gasteiger partial charge in [0.1, 0.15) is 19.3 Å². The standard InChI is InChI=1S/C81H138O17P2/c1-5-9-13-17-21-25-29-33-36-37-40-43-46-50-54-58-62-66-79(84)92-72-77(98-81(86)68-64-60-56-52-48-44-39-35-31-27-23-19-15-11-7-3)74-96-100(89,90)94-70-75(82)69-93-99(87,88)95-73-76(97-80(85)67-63-59-55-51-47-41-32-28-24-20-16-12-8-4)71-91-78(83)65-61-57-53-49-45-42-38-34-30-26-22-18-14-10-6-2/h9,11,13,15,21,23,25,27-28,32-33,35-36,39-40,43,48,52,60,64,75-77,82H,5-8,10,12,14,16-20,22,24,26,29-31,34,37-38,41-42,44-47,49-51,53-59,61-63,65-74H2,1-4H3,(H,87,88)(H,89,90)/b13-9-,15-11-,25-21-,27-23-,32-28-,36-33-,39-35-,43-40-,52-48-,64-60-. The predicted octanol–water partition coefficient (Wildman–Crippen LogP) is 22.3. The van der Waals surface area contributed by atoms with Gasteiger partial charge < -0.3 is 33.8 Å². The van der Waals surface area contributed by atoms with Gasteiger partial charge in [-0.2, -0.15) is 0 Å². The number of carbonyl (C=O) groups excluding carboxylic acids is 4. The molecule has 0 spiro atoms. The van der Waals surface area contributed by atoms with Gasteiger partial charge in [0.15, 0.2) is 12.2 Å². The summed E-state index contributed by atoms with van der Waals surface area (Å²) in [6.07, 6.45) is 79.3. The zero-order chi connectivity index (χ0) is 73.2. The Bertz CT molecular complexity index is 2370. The van der Waals surface area contributed by atoms with E-state index in [2.05, 4.69) is 125 Å². The molecule has 0 aromatic carbocycles. The number of esters is 4. The molecule has 100 heavy (non-hydrogen) atoms. The number of hydrogen-bond donors (Lipinski definition) is 3. The second kappa shape index (κ2) is 72.8. The van der Waals surface area contributed by atoms with Crippen molar-refractivity contribution in [3.63, 3.8) is 0 Å². The molecule has 0 radical (unpaired) electrons. The van der Waals surface area contributed by atoms with E-state index in [1.165, 1.54) is 96.3 Å². The Kier molecular flexibility index (Phi) is 69.5. The van der Waals surface area contributed by atoms with Crippen molar-refractivity contribution in [1.29, 1.82) is 0 Å². The molecule has 17 nitrogen and oxygen atoms in total. The lowest BCUT2D eigenvalue weighted by molar-refractivity contribution is -0.161. The van der Waals surface area contributed by atoms with Crippen LogP contribution in [0.3, 0.4) is 0 Å². The van der Waals surface area contributed by atoms with Crippen molar-refractivity contribution >= 4 is 39.5 Å². The highest BCUT2D eigenvalue weighted by Crippen LogP contribution is 2.45. The fraction of sp³-hybridized carbons (Fsp3) is 0.704. The van der Waals surface area contributed by atoms with E-state index in [4.69, 9.17) is 37.0 Å². The highest BCUT2D eigenvalue weighted by atomic mass is 31.2. The molecule has 5 unspecified atom stereocenters. The van der Waals surface area contributed by atoms with E-state index in [1.54, 1.807) is 12.2 Å². The molecule has 0 heterocycles. The van der Waals surface area contributed by atoms with Gasteiger partial charge in [0.25, 0.3) is 0 Å². The zero-order valence-electron chi connectivity index (χ0n) is 62.6. The van der Waals surface area contributed by atoms with Crippen molar-refractivity contribution in [2.75, 3.05) is 39.6 Å². The molecule has 574 valence electrons. The average Bonchev–Trinajstić information content (AvgIpc) is 0.932. The summed E-state index contributed by atoms with van der Waals surface area (Å²) in [4.78, 5) is 72.8. The lowest BCUT2D eigenvalue weighted by atomic mass is 10.0. The van der Waals surface area contributed by atoms with Crippen LogP contribution in [0.25, 0.3) is 0 Å². The molecular formula is C81H138O17P2. The minimum atomic E-state index is -5.01. The maximum Gasteiger partial charge on any atom is 0.472 e. The van der Waals surface area contributed by atoms with Crippen LogP contribution in [0.1, 0.15) is 310 Å². The molecule has 0 amide bonds. The van der Waals surface area contributed by atoms with Crippen molar-refractivity contribution in [2.45, 2.75) is 329 Å². The van der Waals surface area contributed by atoms with Crippen molar-refractivity contribution in [2.24, 2.45) is 0 Å². The van der Waals surface area contributed by atoms with Crippen molar-refractivity contribution in [3.05, 3.63) is 122 Å². The highest BCUT2D eigenvalue weighted by molar-refractivity contribution is 7.47. The average molecular weight is 1450 g/mol. The Morgan fingerprint density at radius 2 is 0.560 bits per heavy atom. The summed E-state index contributed by atoms with van der Waals surface area (Å²) in [6.45, 7) is 4.50. The zero-order valence-corrected chi connectivity index (χ0v) is 64.4. The first kappa shape index (κ1) is 95.5. The van der Waals surface area contributed by atoms with E-state index in [9.17, 15) is 43.2 Å². The van der Waals surface area contributed by atoms with Crippen LogP contribution < -0.4 is 0 Å². The van der Waals surface area contributed by atoms with E-state index in [0.29, 0.717) is 25.7 Å². The molecular weight excluding hydrogens is 1310 g/mol. The summed E-state index contributed by atoms with van der Waals surface area (Å²) in [5.41, 5.74) is 0. The van der Waals surface area contributed by atoms with Crippen LogP contribution in [0.15, 0.2) is 122 Å². The number of carbonyl (C=O) groups is 4. The number of hydrogen-bond acceptors (Lipinski definition) is 15. The van der Waals surface area contributed by atoms with Crippen LogP contribution in [-0.2, 0) is 65.4 Å². The van der Waals surface area contributed by atoms with Crippen molar-refractivity contribution in [1.82, 2.24) is 0 Å². The van der Waals surface area contributed by atoms with Gasteiger partial charge in [0, 0.05) is 19.3 Å². The van der Waals surface area contributed by atoms with E-state index in [0.717, 1.165) is 135 Å². The summed E-state index contributed by atoms with van der Waals surface area (Å²) >= 11 is 0. The maximum absolute atomic E-state index is 13.1. The Balaban J connectivity index is 5.43. The largest absolute Gasteiger partial charge is 0.472 e. The van der Waals surface area contributed by atoms with E-state index in [1.807, 2.05) is 12.2 Å². The minimum Gasteiger partial charge on any atom is -0.462 e. The third-order valence-electron chi connectivity index (χ3n) is 16.0. The monoisotopic (exact) mass is 1440 g/mol. The van der Waals surface area contributed by atoms with Gasteiger partial charge in [-0.05, 0) is 116 Å². The first-order valence-electron chi connectivity index (χ1n) is 38.8. The van der Waals surface area contributed by atoms with Gasteiger partial charge in [0.05, 0.1) is 32.8 Å². The van der Waals surface area contributed by atoms with Crippen LogP contribution in [0.4, 0.5) is 0 Å². The number of rotatable bonds is 72. The topological polar surface area (TPSA) is 237 Å². The van der Waals surface area contributed by atoms with Gasteiger partial charge >= 0.3 is 39.5 Å². The van der Waals surface area contributed by atoms with E-state index in [-0.39, 0.29) is 25.7 Å². The molecule has 0 fully saturated rings. The van der Waals surface area contributed by atoms with Crippen LogP contribution in [0, 0.1) is 0 Å². The lowest BCUT2D eigenvalue weighted by Gasteiger charge is -2.21. The Labute approximate surface area is 606 Å². The van der Waals surface area contributed by atoms with Gasteiger partial charge in [0.2, 0.25) is 0 Å². The normalized spacial score (nSPS) is 14.6. The summed E-state index contributed by atoms with van der Waals surface area (Å²) < 4.78 is 68.3. The van der Waals surface area contributed by atoms with Gasteiger partial charge in [-0.15, -0.1) is 0 Å². The number of unbranched alkanes of at least 4 members (excludes halogenated alkanes) is 27. The second-order valence-corrected chi connectivity index (χ2v) is 28.5. The molecule has 0 aliphatic heterocycles. The third-order valence-corrected chi connectivity index (χ3v) is 17.9. The van der Waals surface area contributed by atoms with Crippen LogP contribution in [0.2, 0.25) is 0 Å². The third kappa shape index (κ3) is 71.8. The molecule has 0 bridgehead atoms. The SMILES string of the molecule is CC/C=C\C/C=C\C/C=C\C/C=C\C/C=C\CC(=O)OC(COC(=O)CCCCCC/C=C\C/C=C\C/C=C\C/C=C\CC)COP(=O)(O)OCC(O)COP(=O)(O)OCC(COC(=O)CCCCCCCCCCCCCCCCC)OC(=O)CCCCCCC/C=C\CCCCCC.